The summed E-state index contributed by atoms with van der Waals surface area (Å²) < 4.78 is 38.5. The first kappa shape index (κ1) is 12.3. The lowest BCUT2D eigenvalue weighted by Crippen LogP contribution is -2.29. The van der Waals surface area contributed by atoms with E-state index in [4.69, 9.17) is 5.73 Å². The number of aliphatic hydroxyl groups is 1. The lowest BCUT2D eigenvalue weighted by Gasteiger charge is -2.15. The maximum Gasteiger partial charge on any atom is 0.243 e. The first-order chi connectivity index (χ1) is 7.91. The predicted octanol–water partition coefficient (Wildman–Crippen LogP) is 0.163. The Balaban J connectivity index is 2.35. The highest BCUT2D eigenvalue weighted by atomic mass is 32.2. The molecular weight excluding hydrogens is 247 g/mol. The molecule has 94 valence electrons. The molecule has 0 spiro atoms. The van der Waals surface area contributed by atoms with E-state index >= 15 is 0 Å². The maximum absolute atomic E-state index is 13.2. The number of anilines is 1. The van der Waals surface area contributed by atoms with Gasteiger partial charge in [0.05, 0.1) is 16.7 Å². The lowest BCUT2D eigenvalue weighted by molar-refractivity contribution is 0.189. The fourth-order valence-corrected chi connectivity index (χ4v) is 3.25. The molecule has 0 amide bonds. The highest BCUT2D eigenvalue weighted by molar-refractivity contribution is 7.89. The zero-order valence-electron chi connectivity index (χ0n) is 9.01. The highest BCUT2D eigenvalue weighted by Crippen LogP contribution is 2.23. The van der Waals surface area contributed by atoms with Crippen molar-refractivity contribution in [3.63, 3.8) is 0 Å². The van der Waals surface area contributed by atoms with Gasteiger partial charge in [0.2, 0.25) is 10.0 Å². The minimum absolute atomic E-state index is 0.0499. The van der Waals surface area contributed by atoms with Crippen molar-refractivity contribution in [2.24, 2.45) is 0 Å². The third-order valence-electron chi connectivity index (χ3n) is 2.74. The van der Waals surface area contributed by atoms with Gasteiger partial charge in [-0.1, -0.05) is 0 Å². The van der Waals surface area contributed by atoms with E-state index in [-0.39, 0.29) is 23.7 Å². The van der Waals surface area contributed by atoms with Crippen LogP contribution in [-0.4, -0.2) is 37.0 Å². The Morgan fingerprint density at radius 1 is 1.47 bits per heavy atom. The van der Waals surface area contributed by atoms with E-state index in [2.05, 4.69) is 0 Å². The molecule has 1 fully saturated rings. The van der Waals surface area contributed by atoms with Crippen molar-refractivity contribution in [1.82, 2.24) is 4.31 Å². The summed E-state index contributed by atoms with van der Waals surface area (Å²) >= 11 is 0. The van der Waals surface area contributed by atoms with Gasteiger partial charge >= 0.3 is 0 Å². The van der Waals surface area contributed by atoms with E-state index in [0.29, 0.717) is 6.42 Å². The molecule has 1 atom stereocenters. The Morgan fingerprint density at radius 2 is 2.18 bits per heavy atom. The number of nitrogen functional groups attached to an aromatic ring is 1. The van der Waals surface area contributed by atoms with E-state index in [9.17, 15) is 17.9 Å². The van der Waals surface area contributed by atoms with Crippen LogP contribution in [0, 0.1) is 5.82 Å². The first-order valence-electron chi connectivity index (χ1n) is 5.14. The zero-order chi connectivity index (χ0) is 12.6. The summed E-state index contributed by atoms with van der Waals surface area (Å²) in [6.07, 6.45) is -0.250. The minimum Gasteiger partial charge on any atom is -0.396 e. The van der Waals surface area contributed by atoms with Crippen molar-refractivity contribution in [2.45, 2.75) is 17.4 Å². The van der Waals surface area contributed by atoms with Crippen molar-refractivity contribution in [3.8, 4) is 0 Å². The molecule has 5 nitrogen and oxygen atoms in total. The Morgan fingerprint density at radius 3 is 2.71 bits per heavy atom. The molecule has 1 aromatic carbocycles. The van der Waals surface area contributed by atoms with Gasteiger partial charge in [-0.05, 0) is 24.6 Å². The molecule has 0 bridgehead atoms. The van der Waals surface area contributed by atoms with Crippen LogP contribution in [0.3, 0.4) is 0 Å². The molecule has 1 saturated heterocycles. The number of rotatable bonds is 2. The predicted molar refractivity (Wildman–Crippen MR) is 60.2 cm³/mol. The Kier molecular flexibility index (Phi) is 3.07. The molecule has 17 heavy (non-hydrogen) atoms. The van der Waals surface area contributed by atoms with Crippen molar-refractivity contribution < 1.29 is 17.9 Å². The van der Waals surface area contributed by atoms with Gasteiger partial charge in [0.25, 0.3) is 0 Å². The second-order valence-corrected chi connectivity index (χ2v) is 5.93. The van der Waals surface area contributed by atoms with E-state index in [1.807, 2.05) is 0 Å². The van der Waals surface area contributed by atoms with Crippen molar-refractivity contribution in [2.75, 3.05) is 18.8 Å². The number of hydrogen-bond acceptors (Lipinski definition) is 4. The van der Waals surface area contributed by atoms with E-state index in [0.717, 1.165) is 10.4 Å². The van der Waals surface area contributed by atoms with Crippen LogP contribution in [0.4, 0.5) is 10.1 Å². The van der Waals surface area contributed by atoms with Crippen molar-refractivity contribution in [3.05, 3.63) is 24.0 Å². The molecule has 0 aliphatic carbocycles. The zero-order valence-corrected chi connectivity index (χ0v) is 9.82. The number of nitrogens with two attached hydrogens (primary N) is 1. The number of halogens is 1. The van der Waals surface area contributed by atoms with Crippen molar-refractivity contribution in [1.29, 1.82) is 0 Å². The average Bonchev–Trinajstić information content (AvgIpc) is 2.69. The number of β-amino-alcohol motifs (C(OH)–C–C–N with tert-alkyl or cyclic N) is 1. The molecular formula is C10H13FN2O3S. The Bertz CT molecular complexity index is 532. The maximum atomic E-state index is 13.2. The SMILES string of the molecule is Nc1ccc(S(=O)(=O)N2CC[C@@H](O)C2)cc1F. The summed E-state index contributed by atoms with van der Waals surface area (Å²) in [7, 11) is -3.73. The fourth-order valence-electron chi connectivity index (χ4n) is 1.75. The molecule has 1 aromatic rings. The quantitative estimate of drug-likeness (QED) is 0.742. The standard InChI is InChI=1S/C10H13FN2O3S/c11-9-5-8(1-2-10(9)12)17(15,16)13-4-3-7(14)6-13/h1-2,5,7,14H,3-4,6,12H2/t7-/m1/s1. The molecule has 1 aliphatic rings. The summed E-state index contributed by atoms with van der Waals surface area (Å²) in [5.41, 5.74) is 5.19. The number of aliphatic hydroxyl groups excluding tert-OH is 1. The number of sulfonamides is 1. The molecule has 7 heteroatoms. The monoisotopic (exact) mass is 260 g/mol. The van der Waals surface area contributed by atoms with Crippen LogP contribution < -0.4 is 5.73 Å². The largest absolute Gasteiger partial charge is 0.396 e. The molecule has 0 unspecified atom stereocenters. The van der Waals surface area contributed by atoms with Gasteiger partial charge < -0.3 is 10.8 Å². The molecule has 2 rings (SSSR count). The first-order valence-corrected chi connectivity index (χ1v) is 6.58. The van der Waals surface area contributed by atoms with Crippen LogP contribution >= 0.6 is 0 Å². The number of benzene rings is 1. The molecule has 0 radical (unpaired) electrons. The summed E-state index contributed by atoms with van der Waals surface area (Å²) in [4.78, 5) is -0.140. The second kappa shape index (κ2) is 4.25. The van der Waals surface area contributed by atoms with Gasteiger partial charge in [0.1, 0.15) is 5.82 Å². The van der Waals surface area contributed by atoms with Crippen LogP contribution in [0.5, 0.6) is 0 Å². The molecule has 1 aliphatic heterocycles. The van der Waals surface area contributed by atoms with Gasteiger partial charge in [-0.15, -0.1) is 0 Å². The minimum atomic E-state index is -3.73. The Hall–Kier alpha value is -1.18. The summed E-state index contributed by atoms with van der Waals surface area (Å²) in [6.45, 7) is 0.295. The molecule has 0 saturated carbocycles. The van der Waals surface area contributed by atoms with Crippen LogP contribution in [0.2, 0.25) is 0 Å². The molecule has 3 N–H and O–H groups in total. The number of hydrogen-bond donors (Lipinski definition) is 2. The van der Waals surface area contributed by atoms with Gasteiger partial charge in [-0.2, -0.15) is 4.31 Å². The normalized spacial score (nSPS) is 21.9. The fraction of sp³-hybridized carbons (Fsp3) is 0.400. The highest BCUT2D eigenvalue weighted by Gasteiger charge is 2.31. The smallest absolute Gasteiger partial charge is 0.243 e. The number of nitrogens with zero attached hydrogens (tertiary/aromatic N) is 1. The average molecular weight is 260 g/mol. The third-order valence-corrected chi connectivity index (χ3v) is 4.60. The van der Waals surface area contributed by atoms with Gasteiger partial charge in [-0.25, -0.2) is 12.8 Å². The summed E-state index contributed by atoms with van der Waals surface area (Å²) in [5, 5.41) is 9.31. The second-order valence-electron chi connectivity index (χ2n) is 3.99. The summed E-state index contributed by atoms with van der Waals surface area (Å²) in [5.74, 6) is -0.758. The van der Waals surface area contributed by atoms with Crippen LogP contribution in [0.15, 0.2) is 23.1 Å². The van der Waals surface area contributed by atoms with E-state index in [1.54, 1.807) is 0 Å². The van der Waals surface area contributed by atoms with Crippen LogP contribution in [-0.2, 0) is 10.0 Å². The topological polar surface area (TPSA) is 83.6 Å². The van der Waals surface area contributed by atoms with E-state index < -0.39 is 21.9 Å². The van der Waals surface area contributed by atoms with Gasteiger partial charge in [0.15, 0.2) is 0 Å². The third kappa shape index (κ3) is 2.26. The van der Waals surface area contributed by atoms with Crippen LogP contribution in [0.25, 0.3) is 0 Å². The van der Waals surface area contributed by atoms with Gasteiger partial charge in [-0.3, -0.25) is 0 Å². The molecule has 0 aromatic heterocycles. The van der Waals surface area contributed by atoms with Crippen molar-refractivity contribution >= 4 is 15.7 Å². The molecule has 1 heterocycles. The Labute approximate surface area is 98.7 Å². The van der Waals surface area contributed by atoms with Crippen LogP contribution in [0.1, 0.15) is 6.42 Å². The summed E-state index contributed by atoms with van der Waals surface area (Å²) in [6, 6.07) is 3.38. The van der Waals surface area contributed by atoms with Gasteiger partial charge in [0, 0.05) is 13.1 Å². The lowest BCUT2D eigenvalue weighted by atomic mass is 10.3. The van der Waals surface area contributed by atoms with E-state index in [1.165, 1.54) is 12.1 Å².